The Labute approximate surface area is 247 Å². The second-order valence-electron chi connectivity index (χ2n) is 11.2. The highest BCUT2D eigenvalue weighted by atomic mass is 16.5. The molecular weight excluding hydrogens is 542 g/mol. The quantitative estimate of drug-likeness (QED) is 0.370. The van der Waals surface area contributed by atoms with Crippen molar-refractivity contribution in [3.8, 4) is 11.5 Å². The third kappa shape index (κ3) is 7.21. The number of nitrogens with zero attached hydrogens (tertiary/aromatic N) is 2. The normalized spacial score (nSPS) is 23.3. The van der Waals surface area contributed by atoms with Crippen LogP contribution in [0.2, 0.25) is 0 Å². The van der Waals surface area contributed by atoms with Crippen molar-refractivity contribution in [1.29, 1.82) is 0 Å². The van der Waals surface area contributed by atoms with Crippen LogP contribution >= 0.6 is 0 Å². The van der Waals surface area contributed by atoms with Crippen LogP contribution in [0, 0.1) is 11.8 Å². The Morgan fingerprint density at radius 2 is 1.93 bits per heavy atom. The van der Waals surface area contributed by atoms with Gasteiger partial charge in [0.15, 0.2) is 0 Å². The summed E-state index contributed by atoms with van der Waals surface area (Å²) >= 11 is 0. The summed E-state index contributed by atoms with van der Waals surface area (Å²) in [7, 11) is 3.02. The molecule has 1 saturated heterocycles. The van der Waals surface area contributed by atoms with Crippen LogP contribution in [0.5, 0.6) is 11.5 Å². The van der Waals surface area contributed by atoms with Crippen LogP contribution < -0.4 is 25.4 Å². The first kappa shape index (κ1) is 32.4. The van der Waals surface area contributed by atoms with Crippen molar-refractivity contribution in [2.45, 2.75) is 77.7 Å². The first-order valence-corrected chi connectivity index (χ1v) is 14.3. The Bertz CT molecular complexity index is 1200. The molecule has 0 spiro atoms. The average Bonchev–Trinajstić information content (AvgIpc) is 3.39. The molecule has 0 aromatic heterocycles. The lowest BCUT2D eigenvalue weighted by Gasteiger charge is -2.34. The Kier molecular flexibility index (Phi) is 11.0. The minimum atomic E-state index is -1.07. The van der Waals surface area contributed by atoms with Gasteiger partial charge in [0.05, 0.1) is 7.11 Å². The van der Waals surface area contributed by atoms with Crippen molar-refractivity contribution in [1.82, 2.24) is 25.8 Å². The van der Waals surface area contributed by atoms with Crippen LogP contribution in [0.1, 0.15) is 53.0 Å². The van der Waals surface area contributed by atoms with E-state index in [0.29, 0.717) is 36.3 Å². The van der Waals surface area contributed by atoms with E-state index in [9.17, 15) is 24.0 Å². The van der Waals surface area contributed by atoms with E-state index in [1.807, 2.05) is 13.8 Å². The predicted molar refractivity (Wildman–Crippen MR) is 156 cm³/mol. The number of hydrogen-bond acceptors (Lipinski definition) is 7. The predicted octanol–water partition coefficient (Wildman–Crippen LogP) is 1.29. The molecule has 6 atom stereocenters. The largest absolute Gasteiger partial charge is 0.496 e. The highest BCUT2D eigenvalue weighted by molar-refractivity contribution is 5.96. The maximum Gasteiger partial charge on any atom is 0.247 e. The molecule has 0 aliphatic carbocycles. The Balaban J connectivity index is 2.01. The molecule has 0 unspecified atom stereocenters. The van der Waals surface area contributed by atoms with E-state index in [1.54, 1.807) is 52.2 Å². The molecule has 230 valence electrons. The fourth-order valence-corrected chi connectivity index (χ4v) is 5.02. The van der Waals surface area contributed by atoms with E-state index in [-0.39, 0.29) is 18.4 Å². The summed E-state index contributed by atoms with van der Waals surface area (Å²) in [5.74, 6) is -1.33. The SMILES string of the molecule is CC[C@H](C)[C@@H]1NC(=O)[C@H]2[C@H](CCN2C(=O)[C@H](NC(=O)[C@@H](C)N(C)C=O)C(C)C)Oc2ccc(OC)c(c2)/C=C\NC1=O. The van der Waals surface area contributed by atoms with Gasteiger partial charge in [0.1, 0.15) is 41.8 Å². The van der Waals surface area contributed by atoms with Gasteiger partial charge in [-0.05, 0) is 43.0 Å². The van der Waals surface area contributed by atoms with Gasteiger partial charge in [-0.2, -0.15) is 0 Å². The summed E-state index contributed by atoms with van der Waals surface area (Å²) in [5, 5.41) is 8.39. The lowest BCUT2D eigenvalue weighted by molar-refractivity contribution is -0.145. The number of likely N-dealkylation sites (tertiary alicyclic amines) is 1. The molecule has 42 heavy (non-hydrogen) atoms. The zero-order chi connectivity index (χ0) is 31.1. The second-order valence-corrected chi connectivity index (χ2v) is 11.2. The van der Waals surface area contributed by atoms with Gasteiger partial charge in [-0.3, -0.25) is 24.0 Å². The molecular formula is C30H43N5O7. The number of methoxy groups -OCH3 is 1. The molecule has 0 saturated carbocycles. The number of benzene rings is 1. The van der Waals surface area contributed by atoms with Gasteiger partial charge in [-0.25, -0.2) is 0 Å². The molecule has 5 amide bonds. The molecule has 1 aromatic carbocycles. The Morgan fingerprint density at radius 3 is 2.55 bits per heavy atom. The number of carbonyl (C=O) groups excluding carboxylic acids is 5. The summed E-state index contributed by atoms with van der Waals surface area (Å²) in [4.78, 5) is 67.9. The zero-order valence-electron chi connectivity index (χ0n) is 25.4. The van der Waals surface area contributed by atoms with Crippen LogP contribution in [-0.2, 0) is 24.0 Å². The Morgan fingerprint density at radius 1 is 1.21 bits per heavy atom. The first-order valence-electron chi connectivity index (χ1n) is 14.3. The molecule has 2 aliphatic rings. The monoisotopic (exact) mass is 585 g/mol. The summed E-state index contributed by atoms with van der Waals surface area (Å²) in [6, 6.07) is 1.51. The number of ether oxygens (including phenoxy) is 2. The lowest BCUT2D eigenvalue weighted by atomic mass is 9.97. The summed E-state index contributed by atoms with van der Waals surface area (Å²) in [6.45, 7) is 9.14. The van der Waals surface area contributed by atoms with E-state index in [1.165, 1.54) is 23.0 Å². The van der Waals surface area contributed by atoms with Crippen molar-refractivity contribution in [3.05, 3.63) is 30.0 Å². The van der Waals surface area contributed by atoms with Crippen LogP contribution in [0.15, 0.2) is 24.4 Å². The third-order valence-corrected chi connectivity index (χ3v) is 8.05. The van der Waals surface area contributed by atoms with Crippen molar-refractivity contribution in [2.75, 3.05) is 20.7 Å². The van der Waals surface area contributed by atoms with Crippen LogP contribution in [0.3, 0.4) is 0 Å². The van der Waals surface area contributed by atoms with Gasteiger partial charge in [-0.1, -0.05) is 34.1 Å². The summed E-state index contributed by atoms with van der Waals surface area (Å²) in [5.41, 5.74) is 0.661. The van der Waals surface area contributed by atoms with Gasteiger partial charge >= 0.3 is 0 Å². The molecule has 2 bridgehead atoms. The molecule has 2 heterocycles. The molecule has 12 nitrogen and oxygen atoms in total. The van der Waals surface area contributed by atoms with Crippen LogP contribution in [-0.4, -0.2) is 90.8 Å². The maximum atomic E-state index is 14.0. The molecule has 1 aromatic rings. The van der Waals surface area contributed by atoms with Gasteiger partial charge in [0.25, 0.3) is 0 Å². The third-order valence-electron chi connectivity index (χ3n) is 8.05. The zero-order valence-corrected chi connectivity index (χ0v) is 25.4. The molecule has 2 aliphatic heterocycles. The van der Waals surface area contributed by atoms with E-state index in [0.717, 1.165) is 0 Å². The molecule has 1 fully saturated rings. The van der Waals surface area contributed by atoms with Gasteiger partial charge in [0.2, 0.25) is 30.0 Å². The topological polar surface area (TPSA) is 146 Å². The lowest BCUT2D eigenvalue weighted by Crippen LogP contribution is -2.61. The van der Waals surface area contributed by atoms with Crippen LogP contribution in [0.4, 0.5) is 0 Å². The van der Waals surface area contributed by atoms with Crippen molar-refractivity contribution in [2.24, 2.45) is 11.8 Å². The first-order chi connectivity index (χ1) is 19.9. The average molecular weight is 586 g/mol. The number of carbonyl (C=O) groups is 5. The molecule has 0 radical (unpaired) electrons. The van der Waals surface area contributed by atoms with E-state index >= 15 is 0 Å². The van der Waals surface area contributed by atoms with E-state index in [4.69, 9.17) is 9.47 Å². The van der Waals surface area contributed by atoms with Crippen molar-refractivity contribution >= 4 is 36.1 Å². The number of fused-ring (bicyclic) bond motifs is 3. The molecule has 3 N–H and O–H groups in total. The highest BCUT2D eigenvalue weighted by Gasteiger charge is 2.47. The fraction of sp³-hybridized carbons (Fsp3) is 0.567. The van der Waals surface area contributed by atoms with Crippen molar-refractivity contribution < 1.29 is 33.4 Å². The maximum absolute atomic E-state index is 14.0. The van der Waals surface area contributed by atoms with E-state index in [2.05, 4.69) is 16.0 Å². The Hall–Kier alpha value is -4.09. The number of hydrogen-bond donors (Lipinski definition) is 3. The number of nitrogens with one attached hydrogen (secondary N) is 3. The van der Waals surface area contributed by atoms with Crippen molar-refractivity contribution in [3.63, 3.8) is 0 Å². The molecule has 12 heteroatoms. The summed E-state index contributed by atoms with van der Waals surface area (Å²) < 4.78 is 11.8. The van der Waals surface area contributed by atoms with Gasteiger partial charge in [0, 0.05) is 31.8 Å². The van der Waals surface area contributed by atoms with Crippen LogP contribution in [0.25, 0.3) is 6.08 Å². The van der Waals surface area contributed by atoms with Gasteiger partial charge < -0.3 is 35.2 Å². The number of rotatable bonds is 9. The molecule has 3 rings (SSSR count). The minimum Gasteiger partial charge on any atom is -0.496 e. The fourth-order valence-electron chi connectivity index (χ4n) is 5.02. The minimum absolute atomic E-state index is 0.202. The highest BCUT2D eigenvalue weighted by Crippen LogP contribution is 2.30. The van der Waals surface area contributed by atoms with E-state index < -0.39 is 53.9 Å². The number of amides is 5. The second kappa shape index (κ2) is 14.2. The number of likely N-dealkylation sites (N-methyl/N-ethyl adjacent to an activating group) is 1. The summed E-state index contributed by atoms with van der Waals surface area (Å²) in [6.07, 6.45) is 3.99. The smallest absolute Gasteiger partial charge is 0.247 e. The standard InChI is InChI=1S/C30H43N5O7/c1-8-18(4)25-28(38)31-13-11-20-15-21(9-10-22(20)41-7)42-23-12-14-35(26(23)29(39)33-25)30(40)24(17(2)3)32-27(37)19(5)34(6)16-36/h9-11,13,15-19,23-26H,8,12,14H2,1-7H3,(H,31,38)(H,32,37)(H,33,39)/b13-11-/t18-,19+,23-,24+,25-,26+/m0/s1. The van der Waals surface area contributed by atoms with Gasteiger partial charge in [-0.15, -0.1) is 0 Å².